The Bertz CT molecular complexity index is 482. The zero-order valence-electron chi connectivity index (χ0n) is 7.86. The van der Waals surface area contributed by atoms with Gasteiger partial charge in [0.25, 0.3) is 0 Å². The Morgan fingerprint density at radius 2 is 2.14 bits per heavy atom. The summed E-state index contributed by atoms with van der Waals surface area (Å²) >= 11 is 0. The van der Waals surface area contributed by atoms with Crippen LogP contribution in [0.1, 0.15) is 11.5 Å². The lowest BCUT2D eigenvalue weighted by Gasteiger charge is -2.04. The summed E-state index contributed by atoms with van der Waals surface area (Å²) < 4.78 is 0. The van der Waals surface area contributed by atoms with Crippen LogP contribution in [0.4, 0.5) is 0 Å². The Kier molecular flexibility index (Phi) is 2.05. The van der Waals surface area contributed by atoms with Gasteiger partial charge in [-0.05, 0) is 13.0 Å². The summed E-state index contributed by atoms with van der Waals surface area (Å²) in [6.45, 7) is 2.16. The van der Waals surface area contributed by atoms with Crippen LogP contribution in [0.5, 0.6) is 5.75 Å². The van der Waals surface area contributed by atoms with Gasteiger partial charge in [-0.3, -0.25) is 0 Å². The van der Waals surface area contributed by atoms with Gasteiger partial charge in [0.15, 0.2) is 0 Å². The lowest BCUT2D eigenvalue weighted by Crippen LogP contribution is -2.04. The van der Waals surface area contributed by atoms with E-state index in [0.717, 1.165) is 11.1 Å². The third-order valence-electron chi connectivity index (χ3n) is 2.12. The van der Waals surface area contributed by atoms with Crippen LogP contribution in [0.25, 0.3) is 10.9 Å². The third kappa shape index (κ3) is 1.29. The molecule has 0 unspecified atom stereocenters. The number of nitrogens with two attached hydrogens (primary N) is 1. The Morgan fingerprint density at radius 3 is 2.86 bits per heavy atom. The Labute approximate surface area is 81.4 Å². The summed E-state index contributed by atoms with van der Waals surface area (Å²) in [6, 6.07) is 5.26. The summed E-state index contributed by atoms with van der Waals surface area (Å²) in [5, 5.41) is 10.4. The fraction of sp³-hybridized carbons (Fsp3) is 0.200. The molecule has 4 nitrogen and oxygen atoms in total. The van der Waals surface area contributed by atoms with Gasteiger partial charge in [-0.25, -0.2) is 9.97 Å². The Hall–Kier alpha value is -1.68. The summed E-state index contributed by atoms with van der Waals surface area (Å²) in [7, 11) is 0. The van der Waals surface area contributed by atoms with Gasteiger partial charge in [0, 0.05) is 11.1 Å². The predicted octanol–water partition coefficient (Wildman–Crippen LogP) is 1.10. The van der Waals surface area contributed by atoms with Gasteiger partial charge in [0.05, 0.1) is 6.54 Å². The van der Waals surface area contributed by atoms with Crippen LogP contribution < -0.4 is 5.73 Å². The van der Waals surface area contributed by atoms with E-state index in [4.69, 9.17) is 5.73 Å². The summed E-state index contributed by atoms with van der Waals surface area (Å²) in [6.07, 6.45) is 0. The monoisotopic (exact) mass is 189 g/mol. The van der Waals surface area contributed by atoms with Gasteiger partial charge in [-0.1, -0.05) is 12.1 Å². The van der Waals surface area contributed by atoms with Crippen molar-refractivity contribution in [2.75, 3.05) is 0 Å². The van der Waals surface area contributed by atoms with Crippen LogP contribution in [0.3, 0.4) is 0 Å². The largest absolute Gasteiger partial charge is 0.506 e. The van der Waals surface area contributed by atoms with E-state index < -0.39 is 0 Å². The molecule has 1 aromatic carbocycles. The average Bonchev–Trinajstić information content (AvgIpc) is 2.19. The molecule has 0 amide bonds. The van der Waals surface area contributed by atoms with Crippen LogP contribution in [0.15, 0.2) is 18.2 Å². The van der Waals surface area contributed by atoms with Crippen molar-refractivity contribution in [2.24, 2.45) is 5.73 Å². The van der Waals surface area contributed by atoms with Crippen molar-refractivity contribution >= 4 is 10.9 Å². The number of phenolic OH excluding ortho intramolecular Hbond substituents is 1. The maximum absolute atomic E-state index is 9.58. The van der Waals surface area contributed by atoms with E-state index >= 15 is 0 Å². The van der Waals surface area contributed by atoms with Gasteiger partial charge >= 0.3 is 0 Å². The number of benzene rings is 1. The highest BCUT2D eigenvalue weighted by molar-refractivity contribution is 5.85. The molecular formula is C10H11N3O. The molecule has 2 aromatic rings. The average molecular weight is 189 g/mol. The molecule has 14 heavy (non-hydrogen) atoms. The van der Waals surface area contributed by atoms with E-state index in [2.05, 4.69) is 9.97 Å². The fourth-order valence-electron chi connectivity index (χ4n) is 1.44. The molecule has 0 aliphatic rings. The first kappa shape index (κ1) is 8.90. The number of hydrogen-bond donors (Lipinski definition) is 2. The summed E-state index contributed by atoms with van der Waals surface area (Å²) in [5.74, 6) is 0.721. The normalized spacial score (nSPS) is 10.7. The number of phenols is 1. The first-order chi connectivity index (χ1) is 6.72. The van der Waals surface area contributed by atoms with Crippen molar-refractivity contribution in [3.05, 3.63) is 29.7 Å². The number of para-hydroxylation sites is 1. The Morgan fingerprint density at radius 1 is 1.36 bits per heavy atom. The summed E-state index contributed by atoms with van der Waals surface area (Å²) in [4.78, 5) is 8.38. The second-order valence-electron chi connectivity index (χ2n) is 3.10. The van der Waals surface area contributed by atoms with Gasteiger partial charge in [0.2, 0.25) is 0 Å². The Balaban J connectivity index is 2.83. The topological polar surface area (TPSA) is 72.0 Å². The van der Waals surface area contributed by atoms with Crippen molar-refractivity contribution in [2.45, 2.75) is 13.5 Å². The molecule has 0 saturated heterocycles. The zero-order valence-corrected chi connectivity index (χ0v) is 7.86. The quantitative estimate of drug-likeness (QED) is 0.704. The molecular weight excluding hydrogens is 178 g/mol. The highest BCUT2D eigenvalue weighted by atomic mass is 16.3. The van der Waals surface area contributed by atoms with Crippen molar-refractivity contribution < 1.29 is 5.11 Å². The van der Waals surface area contributed by atoms with E-state index in [1.807, 2.05) is 13.0 Å². The van der Waals surface area contributed by atoms with E-state index in [1.54, 1.807) is 12.1 Å². The van der Waals surface area contributed by atoms with Crippen LogP contribution in [-0.2, 0) is 6.54 Å². The van der Waals surface area contributed by atoms with Crippen LogP contribution in [0, 0.1) is 6.92 Å². The maximum Gasteiger partial charge on any atom is 0.142 e. The van der Waals surface area contributed by atoms with Gasteiger partial charge < -0.3 is 10.8 Å². The lowest BCUT2D eigenvalue weighted by atomic mass is 10.2. The third-order valence-corrected chi connectivity index (χ3v) is 2.12. The molecule has 0 aliphatic heterocycles. The maximum atomic E-state index is 9.58. The first-order valence-electron chi connectivity index (χ1n) is 4.37. The number of fused-ring (bicyclic) bond motifs is 1. The molecule has 0 spiro atoms. The standard InChI is InChI=1S/C10H11N3O/c1-6-7-3-2-4-8(14)10(7)13-9(5-11)12-6/h2-4,14H,5,11H2,1H3. The predicted molar refractivity (Wildman–Crippen MR) is 53.8 cm³/mol. The molecule has 4 heteroatoms. The zero-order chi connectivity index (χ0) is 10.1. The highest BCUT2D eigenvalue weighted by Crippen LogP contribution is 2.23. The molecule has 1 aromatic heterocycles. The van der Waals surface area contributed by atoms with E-state index in [0.29, 0.717) is 11.3 Å². The minimum Gasteiger partial charge on any atom is -0.506 e. The van der Waals surface area contributed by atoms with Gasteiger partial charge in [-0.2, -0.15) is 0 Å². The molecule has 1 heterocycles. The molecule has 0 fully saturated rings. The minimum atomic E-state index is 0.169. The molecule has 0 saturated carbocycles. The number of hydrogen-bond acceptors (Lipinski definition) is 4. The molecule has 0 atom stereocenters. The van der Waals surface area contributed by atoms with Crippen molar-refractivity contribution in [1.82, 2.24) is 9.97 Å². The van der Waals surface area contributed by atoms with E-state index in [1.165, 1.54) is 0 Å². The smallest absolute Gasteiger partial charge is 0.142 e. The first-order valence-corrected chi connectivity index (χ1v) is 4.37. The molecule has 0 bridgehead atoms. The molecule has 0 aliphatic carbocycles. The molecule has 72 valence electrons. The second-order valence-corrected chi connectivity index (χ2v) is 3.10. The second kappa shape index (κ2) is 3.23. The number of rotatable bonds is 1. The molecule has 3 N–H and O–H groups in total. The van der Waals surface area contributed by atoms with Gasteiger partial charge in [0.1, 0.15) is 17.1 Å². The number of aryl methyl sites for hydroxylation is 1. The minimum absolute atomic E-state index is 0.169. The van der Waals surface area contributed by atoms with E-state index in [9.17, 15) is 5.11 Å². The highest BCUT2D eigenvalue weighted by Gasteiger charge is 2.06. The number of nitrogens with zero attached hydrogens (tertiary/aromatic N) is 2. The van der Waals surface area contributed by atoms with Gasteiger partial charge in [-0.15, -0.1) is 0 Å². The van der Waals surface area contributed by atoms with Crippen LogP contribution >= 0.6 is 0 Å². The number of aromatic nitrogens is 2. The van der Waals surface area contributed by atoms with Crippen LogP contribution in [0.2, 0.25) is 0 Å². The van der Waals surface area contributed by atoms with Crippen molar-refractivity contribution in [3.8, 4) is 5.75 Å². The SMILES string of the molecule is Cc1nc(CN)nc2c(O)cccc12. The van der Waals surface area contributed by atoms with E-state index in [-0.39, 0.29) is 12.3 Å². The molecule has 0 radical (unpaired) electrons. The summed E-state index contributed by atoms with van der Waals surface area (Å²) in [5.41, 5.74) is 6.86. The number of aromatic hydroxyl groups is 1. The molecule has 2 rings (SSSR count). The lowest BCUT2D eigenvalue weighted by molar-refractivity contribution is 0.480. The fourth-order valence-corrected chi connectivity index (χ4v) is 1.44. The van der Waals surface area contributed by atoms with Crippen molar-refractivity contribution in [1.29, 1.82) is 0 Å². The van der Waals surface area contributed by atoms with Crippen molar-refractivity contribution in [3.63, 3.8) is 0 Å². The van der Waals surface area contributed by atoms with Crippen LogP contribution in [-0.4, -0.2) is 15.1 Å².